The molecule has 1 aromatic carbocycles. The van der Waals surface area contributed by atoms with Gasteiger partial charge in [0.1, 0.15) is 11.5 Å². The average Bonchev–Trinajstić information content (AvgIpc) is 3.02. The van der Waals surface area contributed by atoms with Gasteiger partial charge in [-0.1, -0.05) is 24.2 Å². The Morgan fingerprint density at radius 2 is 2.11 bits per heavy atom. The van der Waals surface area contributed by atoms with E-state index < -0.39 is 4.92 Å². The number of benzene rings is 1. The lowest BCUT2D eigenvalue weighted by atomic mass is 10.2. The molecule has 8 nitrogen and oxygen atoms in total. The van der Waals surface area contributed by atoms with Gasteiger partial charge in [-0.3, -0.25) is 15.0 Å². The number of nitro groups is 1. The number of furan rings is 1. The Morgan fingerprint density at radius 1 is 1.30 bits per heavy atom. The van der Waals surface area contributed by atoms with Crippen LogP contribution in [-0.2, 0) is 13.1 Å². The van der Waals surface area contributed by atoms with E-state index in [0.29, 0.717) is 42.2 Å². The van der Waals surface area contributed by atoms with Gasteiger partial charge in [0, 0.05) is 23.6 Å². The second kappa shape index (κ2) is 6.96. The number of nitrogens with zero attached hydrogens (tertiary/aromatic N) is 4. The third-order valence-electron chi connectivity index (χ3n) is 4.77. The molecule has 8 heteroatoms. The Labute approximate surface area is 155 Å². The van der Waals surface area contributed by atoms with Crippen molar-refractivity contribution in [2.24, 2.45) is 5.92 Å². The van der Waals surface area contributed by atoms with E-state index >= 15 is 0 Å². The van der Waals surface area contributed by atoms with Crippen LogP contribution in [0.3, 0.4) is 0 Å². The monoisotopic (exact) mass is 368 g/mol. The molecule has 1 aliphatic rings. The molecule has 0 bridgehead atoms. The molecular formula is C19H20N4O4. The predicted molar refractivity (Wildman–Crippen MR) is 96.8 cm³/mol. The first kappa shape index (κ1) is 17.4. The zero-order valence-electron chi connectivity index (χ0n) is 15.2. The molecule has 1 saturated carbocycles. The lowest BCUT2D eigenvalue weighted by Crippen LogP contribution is -2.17. The number of non-ortho nitro benzene ring substituents is 1. The van der Waals surface area contributed by atoms with Crippen molar-refractivity contribution in [1.29, 1.82) is 0 Å². The average molecular weight is 368 g/mol. The molecule has 2 heterocycles. The molecule has 27 heavy (non-hydrogen) atoms. The second-order valence-electron chi connectivity index (χ2n) is 7.12. The van der Waals surface area contributed by atoms with Crippen LogP contribution in [-0.4, -0.2) is 27.0 Å². The number of hydrogen-bond donors (Lipinski definition) is 0. The van der Waals surface area contributed by atoms with Crippen LogP contribution in [0.4, 0.5) is 5.69 Å². The van der Waals surface area contributed by atoms with E-state index in [0.717, 1.165) is 11.5 Å². The molecule has 0 spiro atoms. The summed E-state index contributed by atoms with van der Waals surface area (Å²) in [4.78, 5) is 16.8. The lowest BCUT2D eigenvalue weighted by molar-refractivity contribution is -0.384. The largest absolute Gasteiger partial charge is 0.464 e. The summed E-state index contributed by atoms with van der Waals surface area (Å²) in [6.45, 7) is 3.32. The minimum absolute atomic E-state index is 0.00503. The first-order valence-corrected chi connectivity index (χ1v) is 8.84. The SMILES string of the molecule is CC1CC1c1ccc(CN(C)Cc2nc(-c3cccc([N+](=O)[O-])c3)no2)o1. The smallest absolute Gasteiger partial charge is 0.270 e. The Morgan fingerprint density at radius 3 is 2.85 bits per heavy atom. The Hall–Kier alpha value is -3.00. The van der Waals surface area contributed by atoms with Crippen molar-refractivity contribution in [3.63, 3.8) is 0 Å². The molecule has 140 valence electrons. The quantitative estimate of drug-likeness (QED) is 0.459. The molecule has 1 fully saturated rings. The van der Waals surface area contributed by atoms with Gasteiger partial charge < -0.3 is 8.94 Å². The molecule has 0 aliphatic heterocycles. The van der Waals surface area contributed by atoms with Gasteiger partial charge in [-0.15, -0.1) is 0 Å². The van der Waals surface area contributed by atoms with E-state index in [1.165, 1.54) is 18.6 Å². The zero-order chi connectivity index (χ0) is 19.0. The molecule has 0 amide bonds. The van der Waals surface area contributed by atoms with E-state index in [1.807, 2.05) is 18.0 Å². The minimum Gasteiger partial charge on any atom is -0.464 e. The fourth-order valence-corrected chi connectivity index (χ4v) is 3.15. The van der Waals surface area contributed by atoms with Crippen LogP contribution in [0.2, 0.25) is 0 Å². The van der Waals surface area contributed by atoms with Crippen molar-refractivity contribution < 1.29 is 13.9 Å². The van der Waals surface area contributed by atoms with Gasteiger partial charge in [0.05, 0.1) is 18.0 Å². The summed E-state index contributed by atoms with van der Waals surface area (Å²) in [5.74, 6) is 4.04. The topological polar surface area (TPSA) is 98.4 Å². The van der Waals surface area contributed by atoms with Gasteiger partial charge in [0.25, 0.3) is 5.69 Å². The van der Waals surface area contributed by atoms with Crippen molar-refractivity contribution in [3.8, 4) is 11.4 Å². The molecule has 2 unspecified atom stereocenters. The van der Waals surface area contributed by atoms with E-state index in [2.05, 4.69) is 23.1 Å². The number of rotatable bonds is 7. The Kier molecular flexibility index (Phi) is 4.49. The van der Waals surface area contributed by atoms with Crippen LogP contribution in [0.15, 0.2) is 45.3 Å². The van der Waals surface area contributed by atoms with Crippen molar-refractivity contribution in [2.45, 2.75) is 32.4 Å². The standard InChI is InChI=1S/C19H20N4O4/c1-12-8-16(12)17-7-6-15(26-17)10-22(2)11-18-20-19(21-27-18)13-4-3-5-14(9-13)23(24)25/h3-7,9,12,16H,8,10-11H2,1-2H3. The minimum atomic E-state index is -0.446. The Bertz CT molecular complexity index is 964. The molecular weight excluding hydrogens is 348 g/mol. The van der Waals surface area contributed by atoms with Crippen LogP contribution in [0, 0.1) is 16.0 Å². The second-order valence-corrected chi connectivity index (χ2v) is 7.12. The van der Waals surface area contributed by atoms with Gasteiger partial charge in [-0.05, 0) is 31.5 Å². The summed E-state index contributed by atoms with van der Waals surface area (Å²) in [6, 6.07) is 10.3. The highest BCUT2D eigenvalue weighted by molar-refractivity contribution is 5.58. The molecule has 2 aromatic heterocycles. The van der Waals surface area contributed by atoms with Crippen molar-refractivity contribution in [3.05, 3.63) is 63.9 Å². The highest BCUT2D eigenvalue weighted by Crippen LogP contribution is 2.47. The van der Waals surface area contributed by atoms with E-state index in [1.54, 1.807) is 12.1 Å². The maximum absolute atomic E-state index is 10.9. The van der Waals surface area contributed by atoms with Gasteiger partial charge in [0.2, 0.25) is 11.7 Å². The highest BCUT2D eigenvalue weighted by atomic mass is 16.6. The summed E-state index contributed by atoms with van der Waals surface area (Å²) in [5, 5.41) is 14.8. The summed E-state index contributed by atoms with van der Waals surface area (Å²) in [6.07, 6.45) is 1.20. The van der Waals surface area contributed by atoms with Crippen LogP contribution in [0.5, 0.6) is 0 Å². The van der Waals surface area contributed by atoms with Crippen LogP contribution in [0.1, 0.15) is 36.7 Å². The van der Waals surface area contributed by atoms with Gasteiger partial charge in [-0.2, -0.15) is 4.98 Å². The number of aromatic nitrogens is 2. The van der Waals surface area contributed by atoms with E-state index in [9.17, 15) is 10.1 Å². The van der Waals surface area contributed by atoms with Crippen molar-refractivity contribution in [1.82, 2.24) is 15.0 Å². The van der Waals surface area contributed by atoms with Crippen LogP contribution >= 0.6 is 0 Å². The third-order valence-corrected chi connectivity index (χ3v) is 4.77. The first-order valence-electron chi connectivity index (χ1n) is 8.84. The van der Waals surface area contributed by atoms with Crippen molar-refractivity contribution in [2.75, 3.05) is 7.05 Å². The molecule has 3 aromatic rings. The molecule has 0 N–H and O–H groups in total. The fourth-order valence-electron chi connectivity index (χ4n) is 3.15. The summed E-state index contributed by atoms with van der Waals surface area (Å²) in [5.41, 5.74) is 0.547. The summed E-state index contributed by atoms with van der Waals surface area (Å²) in [7, 11) is 1.94. The molecule has 2 atom stereocenters. The summed E-state index contributed by atoms with van der Waals surface area (Å²) >= 11 is 0. The summed E-state index contributed by atoms with van der Waals surface area (Å²) < 4.78 is 11.2. The van der Waals surface area contributed by atoms with Gasteiger partial charge in [-0.25, -0.2) is 0 Å². The normalized spacial score (nSPS) is 18.8. The zero-order valence-corrected chi connectivity index (χ0v) is 15.2. The van der Waals surface area contributed by atoms with E-state index in [4.69, 9.17) is 8.94 Å². The van der Waals surface area contributed by atoms with Crippen molar-refractivity contribution >= 4 is 5.69 Å². The highest BCUT2D eigenvalue weighted by Gasteiger charge is 2.36. The number of hydrogen-bond acceptors (Lipinski definition) is 7. The van der Waals surface area contributed by atoms with E-state index in [-0.39, 0.29) is 5.69 Å². The maximum atomic E-state index is 10.9. The Balaban J connectivity index is 1.39. The lowest BCUT2D eigenvalue weighted by Gasteiger charge is -2.11. The predicted octanol–water partition coefficient (Wildman–Crippen LogP) is 3.99. The molecule has 1 aliphatic carbocycles. The molecule has 4 rings (SSSR count). The third kappa shape index (κ3) is 3.90. The molecule has 0 saturated heterocycles. The van der Waals surface area contributed by atoms with Crippen LogP contribution < -0.4 is 0 Å². The first-order chi connectivity index (χ1) is 13.0. The fraction of sp³-hybridized carbons (Fsp3) is 0.368. The van der Waals surface area contributed by atoms with Crippen LogP contribution in [0.25, 0.3) is 11.4 Å². The molecule has 0 radical (unpaired) electrons. The van der Waals surface area contributed by atoms with Gasteiger partial charge >= 0.3 is 0 Å². The maximum Gasteiger partial charge on any atom is 0.270 e. The number of nitro benzene ring substituents is 1. The van der Waals surface area contributed by atoms with Gasteiger partial charge in [0.15, 0.2) is 0 Å².